The van der Waals surface area contributed by atoms with Crippen molar-refractivity contribution >= 4 is 23.1 Å². The van der Waals surface area contributed by atoms with Gasteiger partial charge in [0.1, 0.15) is 11.4 Å². The predicted octanol–water partition coefficient (Wildman–Crippen LogP) is 3.81. The minimum atomic E-state index is -2.65. The fourth-order valence-corrected chi connectivity index (χ4v) is 6.88. The summed E-state index contributed by atoms with van der Waals surface area (Å²) in [6.45, 7) is 0.666. The van der Waals surface area contributed by atoms with Crippen LogP contribution in [0.3, 0.4) is 0 Å². The van der Waals surface area contributed by atoms with Gasteiger partial charge in [0.25, 0.3) is 17.4 Å². The van der Waals surface area contributed by atoms with E-state index in [0.717, 1.165) is 31.4 Å². The van der Waals surface area contributed by atoms with Gasteiger partial charge in [-0.05, 0) is 55.0 Å². The van der Waals surface area contributed by atoms with Crippen molar-refractivity contribution in [2.24, 2.45) is 14.1 Å². The summed E-state index contributed by atoms with van der Waals surface area (Å²) in [4.78, 5) is 30.3. The van der Waals surface area contributed by atoms with Crippen LogP contribution in [-0.4, -0.2) is 60.4 Å². The molecule has 1 saturated heterocycles. The molecule has 0 bridgehead atoms. The summed E-state index contributed by atoms with van der Waals surface area (Å²) in [5.41, 5.74) is 6.62. The van der Waals surface area contributed by atoms with E-state index in [1.165, 1.54) is 15.8 Å². The molecule has 44 heavy (non-hydrogen) atoms. The number of pyridine rings is 1. The van der Waals surface area contributed by atoms with Crippen molar-refractivity contribution in [3.05, 3.63) is 81.2 Å². The summed E-state index contributed by atoms with van der Waals surface area (Å²) in [7, 11) is 3.39. The van der Waals surface area contributed by atoms with Crippen LogP contribution in [0.2, 0.25) is 0 Å². The molecule has 2 N–H and O–H groups in total. The van der Waals surface area contributed by atoms with Crippen LogP contribution in [0.4, 0.5) is 26.0 Å². The van der Waals surface area contributed by atoms with Crippen LogP contribution < -0.4 is 15.8 Å². The lowest BCUT2D eigenvalue weighted by Gasteiger charge is -2.38. The summed E-state index contributed by atoms with van der Waals surface area (Å²) < 4.78 is 31.8. The van der Waals surface area contributed by atoms with Crippen molar-refractivity contribution in [1.29, 1.82) is 0 Å². The number of anilines is 3. The third-order valence-corrected chi connectivity index (χ3v) is 9.05. The number of carbonyl (C=O) groups excluding carboxylic acids is 1. The maximum Gasteiger partial charge on any atom is 0.274 e. The van der Waals surface area contributed by atoms with Gasteiger partial charge in [-0.1, -0.05) is 12.1 Å². The van der Waals surface area contributed by atoms with Gasteiger partial charge in [0.2, 0.25) is 0 Å². The monoisotopic (exact) mass is 603 g/mol. The number of hydrogen-bond acceptors (Lipinski definition) is 6. The van der Waals surface area contributed by atoms with Gasteiger partial charge >= 0.3 is 0 Å². The molecular weight excluding hydrogens is 568 g/mol. The average molecular weight is 604 g/mol. The molecule has 1 aliphatic carbocycles. The molecule has 0 spiro atoms. The first-order valence-electron chi connectivity index (χ1n) is 15.0. The number of aromatic nitrogens is 4. The molecule has 1 amide bonds. The van der Waals surface area contributed by atoms with Gasteiger partial charge in [-0.25, -0.2) is 8.78 Å². The lowest BCUT2D eigenvalue weighted by Crippen LogP contribution is -2.55. The molecule has 3 aliphatic rings. The predicted molar refractivity (Wildman–Crippen MR) is 163 cm³/mol. The normalized spacial score (nSPS) is 17.8. The standard InChI is InChI=1S/C32H35F2N7O3/c1-37-15-21(12-25(30(37)43)35-29-14-22(38(2)36-29)16-39-18-32(33,34)19-39)23-7-5-9-27(24(23)17-42)41-11-10-40-26-8-4-3-6-20(26)13-28(40)31(41)44/h5,7,9,12-15,42H,3-4,6,8,10-11,16-19H2,1-2H3,(H,35,36). The smallest absolute Gasteiger partial charge is 0.274 e. The number of carbonyl (C=O) groups is 1. The third kappa shape index (κ3) is 4.91. The molecule has 7 rings (SSSR count). The van der Waals surface area contributed by atoms with E-state index < -0.39 is 5.92 Å². The number of amides is 1. The molecule has 1 fully saturated rings. The van der Waals surface area contributed by atoms with Crippen LogP contribution in [0.25, 0.3) is 11.1 Å². The number of alkyl halides is 2. The largest absolute Gasteiger partial charge is 0.392 e. The van der Waals surface area contributed by atoms with Crippen LogP contribution in [0, 0.1) is 0 Å². The highest BCUT2D eigenvalue weighted by Crippen LogP contribution is 2.36. The van der Waals surface area contributed by atoms with E-state index in [1.54, 1.807) is 46.9 Å². The average Bonchev–Trinajstić information content (AvgIpc) is 3.54. The number of rotatable bonds is 7. The van der Waals surface area contributed by atoms with Crippen LogP contribution in [0.5, 0.6) is 0 Å². The van der Waals surface area contributed by atoms with E-state index in [4.69, 9.17) is 0 Å². The Balaban J connectivity index is 1.19. The SMILES string of the molecule is Cn1nc(Nc2cc(-c3cccc(N4CCn5c(cc6c5CCCC6)C4=O)c3CO)cn(C)c2=O)cc1CN1CC(F)(F)C1. The molecule has 5 heterocycles. The topological polar surface area (TPSA) is 101 Å². The quantitative estimate of drug-likeness (QED) is 0.333. The highest BCUT2D eigenvalue weighted by Gasteiger charge is 2.43. The van der Waals surface area contributed by atoms with Crippen molar-refractivity contribution in [3.8, 4) is 11.1 Å². The van der Waals surface area contributed by atoms with E-state index in [-0.39, 0.29) is 36.9 Å². The summed E-state index contributed by atoms with van der Waals surface area (Å²) in [5.74, 6) is -2.30. The van der Waals surface area contributed by atoms with Crippen molar-refractivity contribution in [2.75, 3.05) is 29.9 Å². The molecule has 2 aliphatic heterocycles. The summed E-state index contributed by atoms with van der Waals surface area (Å²) in [6, 6.07) is 11.1. The number of nitrogens with zero attached hydrogens (tertiary/aromatic N) is 6. The number of aliphatic hydroxyl groups excluding tert-OH is 1. The van der Waals surface area contributed by atoms with Crippen LogP contribution in [0.1, 0.15) is 45.8 Å². The number of fused-ring (bicyclic) bond motifs is 3. The fourth-order valence-electron chi connectivity index (χ4n) is 6.88. The van der Waals surface area contributed by atoms with E-state index in [0.29, 0.717) is 53.5 Å². The molecule has 4 aromatic rings. The number of benzene rings is 1. The lowest BCUT2D eigenvalue weighted by atomic mass is 9.98. The Morgan fingerprint density at radius 2 is 1.84 bits per heavy atom. The highest BCUT2D eigenvalue weighted by atomic mass is 19.3. The Bertz CT molecular complexity index is 1830. The number of aliphatic hydroxyl groups is 1. The maximum absolute atomic E-state index is 13.8. The van der Waals surface area contributed by atoms with Crippen LogP contribution in [-0.2, 0) is 46.6 Å². The van der Waals surface area contributed by atoms with E-state index >= 15 is 0 Å². The number of likely N-dealkylation sites (tertiary alicyclic amines) is 1. The van der Waals surface area contributed by atoms with Gasteiger partial charge in [-0.2, -0.15) is 5.10 Å². The van der Waals surface area contributed by atoms with E-state index in [9.17, 15) is 23.5 Å². The number of halogens is 2. The van der Waals surface area contributed by atoms with Crippen molar-refractivity contribution in [3.63, 3.8) is 0 Å². The zero-order valence-electron chi connectivity index (χ0n) is 24.8. The maximum atomic E-state index is 13.8. The second kappa shape index (κ2) is 10.7. The van der Waals surface area contributed by atoms with Gasteiger partial charge in [-0.3, -0.25) is 19.2 Å². The Morgan fingerprint density at radius 3 is 2.61 bits per heavy atom. The first-order chi connectivity index (χ1) is 21.1. The first kappa shape index (κ1) is 28.5. The minimum Gasteiger partial charge on any atom is -0.392 e. The molecule has 3 aromatic heterocycles. The Kier molecular flexibility index (Phi) is 6.93. The van der Waals surface area contributed by atoms with Gasteiger partial charge < -0.3 is 24.5 Å². The van der Waals surface area contributed by atoms with E-state index in [1.807, 2.05) is 24.3 Å². The molecule has 230 valence electrons. The van der Waals surface area contributed by atoms with Crippen molar-refractivity contribution in [2.45, 2.75) is 51.3 Å². The summed E-state index contributed by atoms with van der Waals surface area (Å²) in [5, 5.41) is 18.2. The minimum absolute atomic E-state index is 0.0757. The lowest BCUT2D eigenvalue weighted by molar-refractivity contribution is -0.134. The van der Waals surface area contributed by atoms with Gasteiger partial charge in [0.15, 0.2) is 5.82 Å². The Hall–Kier alpha value is -4.29. The summed E-state index contributed by atoms with van der Waals surface area (Å²) >= 11 is 0. The van der Waals surface area contributed by atoms with Gasteiger partial charge in [-0.15, -0.1) is 0 Å². The van der Waals surface area contributed by atoms with Crippen molar-refractivity contribution < 1.29 is 18.7 Å². The second-order valence-corrected chi connectivity index (χ2v) is 12.1. The molecule has 0 atom stereocenters. The molecule has 12 heteroatoms. The zero-order chi connectivity index (χ0) is 30.7. The van der Waals surface area contributed by atoms with Crippen molar-refractivity contribution in [1.82, 2.24) is 23.8 Å². The first-order valence-corrected chi connectivity index (χ1v) is 15.0. The number of hydrogen-bond donors (Lipinski definition) is 2. The van der Waals surface area contributed by atoms with Gasteiger partial charge in [0.05, 0.1) is 31.1 Å². The fraction of sp³-hybridized carbons (Fsp3) is 0.406. The van der Waals surface area contributed by atoms with Crippen LogP contribution >= 0.6 is 0 Å². The summed E-state index contributed by atoms with van der Waals surface area (Å²) in [6.07, 6.45) is 5.99. The highest BCUT2D eigenvalue weighted by molar-refractivity contribution is 6.07. The zero-order valence-corrected chi connectivity index (χ0v) is 24.8. The van der Waals surface area contributed by atoms with E-state index in [2.05, 4.69) is 15.0 Å². The van der Waals surface area contributed by atoms with Crippen LogP contribution in [0.15, 0.2) is 47.4 Å². The molecule has 10 nitrogen and oxygen atoms in total. The molecule has 0 saturated carbocycles. The molecular formula is C32H35F2N7O3. The Morgan fingerprint density at radius 1 is 1.05 bits per heavy atom. The molecule has 0 radical (unpaired) electrons. The second-order valence-electron chi connectivity index (χ2n) is 12.1. The number of aryl methyl sites for hydroxylation is 3. The molecule has 1 aromatic carbocycles. The number of nitrogens with one attached hydrogen (secondary N) is 1. The van der Waals surface area contributed by atoms with Gasteiger partial charge in [0, 0.05) is 62.8 Å². The molecule has 0 unspecified atom stereocenters. The Labute approximate surface area is 253 Å². The third-order valence-electron chi connectivity index (χ3n) is 9.05.